The summed E-state index contributed by atoms with van der Waals surface area (Å²) in [6, 6.07) is 5.09. The van der Waals surface area contributed by atoms with E-state index < -0.39 is 24.0 Å². The fraction of sp³-hybridized carbons (Fsp3) is 0.429. The maximum atomic E-state index is 11.9. The number of phenolic OH excluding ortho intramolecular Hbond substituents is 1. The number of rotatable bonds is 5. The van der Waals surface area contributed by atoms with Crippen LogP contribution in [0.1, 0.15) is 5.56 Å². The molecule has 1 heterocycles. The average molecular weight is 295 g/mol. The molecule has 3 N–H and O–H groups in total. The van der Waals surface area contributed by atoms with Gasteiger partial charge in [0.05, 0.1) is 19.8 Å². The molecule has 1 amide bonds. The molecule has 0 radical (unpaired) electrons. The lowest BCUT2D eigenvalue weighted by Gasteiger charge is -2.24. The van der Waals surface area contributed by atoms with Gasteiger partial charge in [0.25, 0.3) is 5.91 Å². The maximum Gasteiger partial charge on any atom is 0.326 e. The van der Waals surface area contributed by atoms with Gasteiger partial charge in [-0.15, -0.1) is 0 Å². The van der Waals surface area contributed by atoms with E-state index in [1.807, 2.05) is 0 Å². The zero-order chi connectivity index (χ0) is 15.2. The van der Waals surface area contributed by atoms with Crippen LogP contribution >= 0.6 is 0 Å². The SMILES string of the molecule is O=C(N[C@H](Cc1ccc(O)cc1)C(=O)O)C1COCCO1. The van der Waals surface area contributed by atoms with Crippen LogP contribution in [0.5, 0.6) is 5.75 Å². The number of phenols is 1. The number of carboxylic acid groups (broad SMARTS) is 1. The third-order valence-corrected chi connectivity index (χ3v) is 3.10. The fourth-order valence-corrected chi connectivity index (χ4v) is 1.97. The van der Waals surface area contributed by atoms with Crippen molar-refractivity contribution in [2.75, 3.05) is 19.8 Å². The number of nitrogens with one attached hydrogen (secondary N) is 1. The molecule has 7 nitrogen and oxygen atoms in total. The van der Waals surface area contributed by atoms with Gasteiger partial charge in [-0.1, -0.05) is 12.1 Å². The number of hydrogen-bond acceptors (Lipinski definition) is 5. The summed E-state index contributed by atoms with van der Waals surface area (Å²) in [5.74, 6) is -1.53. The summed E-state index contributed by atoms with van der Waals surface area (Å²) in [5.41, 5.74) is 0.696. The molecule has 7 heteroatoms. The van der Waals surface area contributed by atoms with E-state index in [1.165, 1.54) is 12.1 Å². The summed E-state index contributed by atoms with van der Waals surface area (Å²) < 4.78 is 10.3. The average Bonchev–Trinajstić information content (AvgIpc) is 2.49. The smallest absolute Gasteiger partial charge is 0.326 e. The Morgan fingerprint density at radius 1 is 1.29 bits per heavy atom. The van der Waals surface area contributed by atoms with Crippen molar-refractivity contribution < 1.29 is 29.3 Å². The van der Waals surface area contributed by atoms with E-state index in [-0.39, 0.29) is 18.8 Å². The Morgan fingerprint density at radius 3 is 2.57 bits per heavy atom. The van der Waals surface area contributed by atoms with Gasteiger partial charge in [-0.05, 0) is 17.7 Å². The summed E-state index contributed by atoms with van der Waals surface area (Å²) >= 11 is 0. The monoisotopic (exact) mass is 295 g/mol. The highest BCUT2D eigenvalue weighted by atomic mass is 16.6. The Hall–Kier alpha value is -2.12. The standard InChI is InChI=1S/C14H17NO6/c16-10-3-1-9(2-4-10)7-11(14(18)19)15-13(17)12-8-20-5-6-21-12/h1-4,11-12,16H,5-8H2,(H,15,17)(H,18,19)/t11-,12?/m1/s1. The molecule has 1 aliphatic rings. The molecule has 1 unspecified atom stereocenters. The summed E-state index contributed by atoms with van der Waals surface area (Å²) in [5, 5.41) is 20.8. The number of aliphatic carboxylic acids is 1. The molecule has 1 aromatic rings. The number of carbonyl (C=O) groups is 2. The number of benzene rings is 1. The van der Waals surface area contributed by atoms with Gasteiger partial charge < -0.3 is 25.0 Å². The molecule has 21 heavy (non-hydrogen) atoms. The summed E-state index contributed by atoms with van der Waals surface area (Å²) in [6.07, 6.45) is -0.657. The van der Waals surface area contributed by atoms with Gasteiger partial charge in [0.2, 0.25) is 0 Å². The number of aromatic hydroxyl groups is 1. The molecule has 114 valence electrons. The highest BCUT2D eigenvalue weighted by Gasteiger charge is 2.27. The molecule has 0 aromatic heterocycles. The molecule has 1 aromatic carbocycles. The van der Waals surface area contributed by atoms with E-state index in [9.17, 15) is 19.8 Å². The van der Waals surface area contributed by atoms with Crippen molar-refractivity contribution >= 4 is 11.9 Å². The van der Waals surface area contributed by atoms with Gasteiger partial charge in [0.15, 0.2) is 6.10 Å². The molecule has 0 aliphatic carbocycles. The normalized spacial score (nSPS) is 19.7. The molecule has 0 spiro atoms. The first-order valence-electron chi connectivity index (χ1n) is 6.56. The zero-order valence-electron chi connectivity index (χ0n) is 11.3. The second-order valence-corrected chi connectivity index (χ2v) is 4.70. The largest absolute Gasteiger partial charge is 0.508 e. The van der Waals surface area contributed by atoms with Gasteiger partial charge in [0, 0.05) is 6.42 Å². The Morgan fingerprint density at radius 2 is 2.00 bits per heavy atom. The van der Waals surface area contributed by atoms with Crippen LogP contribution in [-0.4, -0.2) is 54.1 Å². The van der Waals surface area contributed by atoms with Crippen molar-refractivity contribution in [3.8, 4) is 5.75 Å². The van der Waals surface area contributed by atoms with Crippen LogP contribution in [0.15, 0.2) is 24.3 Å². The number of hydrogen-bond donors (Lipinski definition) is 3. The third kappa shape index (κ3) is 4.44. The zero-order valence-corrected chi connectivity index (χ0v) is 11.3. The topological polar surface area (TPSA) is 105 Å². The maximum absolute atomic E-state index is 11.9. The lowest BCUT2D eigenvalue weighted by atomic mass is 10.1. The van der Waals surface area contributed by atoms with E-state index in [1.54, 1.807) is 12.1 Å². The van der Waals surface area contributed by atoms with Crippen molar-refractivity contribution in [1.29, 1.82) is 0 Å². The lowest BCUT2D eigenvalue weighted by Crippen LogP contribution is -2.50. The van der Waals surface area contributed by atoms with Crippen molar-refractivity contribution in [3.05, 3.63) is 29.8 Å². The molecule has 1 saturated heterocycles. The van der Waals surface area contributed by atoms with Crippen LogP contribution < -0.4 is 5.32 Å². The molecule has 1 aliphatic heterocycles. The van der Waals surface area contributed by atoms with Gasteiger partial charge in [0.1, 0.15) is 11.8 Å². The van der Waals surface area contributed by atoms with Crippen LogP contribution in [0.2, 0.25) is 0 Å². The van der Waals surface area contributed by atoms with Crippen LogP contribution in [0.25, 0.3) is 0 Å². The first-order chi connectivity index (χ1) is 10.1. The Labute approximate surface area is 121 Å². The second-order valence-electron chi connectivity index (χ2n) is 4.70. The predicted molar refractivity (Wildman–Crippen MR) is 71.9 cm³/mol. The molecular weight excluding hydrogens is 278 g/mol. The van der Waals surface area contributed by atoms with Crippen LogP contribution in [0, 0.1) is 0 Å². The quantitative estimate of drug-likeness (QED) is 0.701. The molecule has 2 atom stereocenters. The lowest BCUT2D eigenvalue weighted by molar-refractivity contribution is -0.152. The number of amides is 1. The molecule has 0 bridgehead atoms. The summed E-state index contributed by atoms with van der Waals surface area (Å²) in [6.45, 7) is 0.866. The minimum Gasteiger partial charge on any atom is -0.508 e. The third-order valence-electron chi connectivity index (χ3n) is 3.10. The Bertz CT molecular complexity index is 495. The van der Waals surface area contributed by atoms with E-state index >= 15 is 0 Å². The van der Waals surface area contributed by atoms with Gasteiger partial charge in [-0.2, -0.15) is 0 Å². The van der Waals surface area contributed by atoms with Crippen molar-refractivity contribution in [2.24, 2.45) is 0 Å². The number of ether oxygens (including phenoxy) is 2. The first kappa shape index (κ1) is 15.3. The van der Waals surface area contributed by atoms with Crippen molar-refractivity contribution in [1.82, 2.24) is 5.32 Å². The summed E-state index contributed by atoms with van der Waals surface area (Å²) in [7, 11) is 0. The highest BCUT2D eigenvalue weighted by molar-refractivity contribution is 5.86. The van der Waals surface area contributed by atoms with Crippen LogP contribution in [0.4, 0.5) is 0 Å². The van der Waals surface area contributed by atoms with Crippen LogP contribution in [0.3, 0.4) is 0 Å². The number of carbonyl (C=O) groups excluding carboxylic acids is 1. The number of carboxylic acids is 1. The van der Waals surface area contributed by atoms with Gasteiger partial charge in [-0.25, -0.2) is 4.79 Å². The fourth-order valence-electron chi connectivity index (χ4n) is 1.97. The van der Waals surface area contributed by atoms with Crippen molar-refractivity contribution in [3.63, 3.8) is 0 Å². The van der Waals surface area contributed by atoms with Crippen molar-refractivity contribution in [2.45, 2.75) is 18.6 Å². The first-order valence-corrected chi connectivity index (χ1v) is 6.56. The summed E-state index contributed by atoms with van der Waals surface area (Å²) in [4.78, 5) is 23.2. The van der Waals surface area contributed by atoms with E-state index in [2.05, 4.69) is 5.32 Å². The van der Waals surface area contributed by atoms with Crippen LogP contribution in [-0.2, 0) is 25.5 Å². The Balaban J connectivity index is 1.96. The minimum absolute atomic E-state index is 0.0995. The van der Waals surface area contributed by atoms with Gasteiger partial charge >= 0.3 is 5.97 Å². The van der Waals surface area contributed by atoms with E-state index in [0.717, 1.165) is 0 Å². The molecule has 2 rings (SSSR count). The van der Waals surface area contributed by atoms with E-state index in [0.29, 0.717) is 18.8 Å². The van der Waals surface area contributed by atoms with E-state index in [4.69, 9.17) is 9.47 Å². The molecule has 0 saturated carbocycles. The highest BCUT2D eigenvalue weighted by Crippen LogP contribution is 2.12. The second kappa shape index (κ2) is 7.05. The molecular formula is C14H17NO6. The predicted octanol–water partition coefficient (Wildman–Crippen LogP) is -0.0805. The molecule has 1 fully saturated rings. The Kier molecular flexibility index (Phi) is 5.13. The minimum atomic E-state index is -1.13. The van der Waals surface area contributed by atoms with Gasteiger partial charge in [-0.3, -0.25) is 4.79 Å².